The van der Waals surface area contributed by atoms with Gasteiger partial charge in [0.05, 0.1) is 20.3 Å². The highest BCUT2D eigenvalue weighted by Gasteiger charge is 2.50. The van der Waals surface area contributed by atoms with E-state index >= 15 is 0 Å². The van der Waals surface area contributed by atoms with Gasteiger partial charge >= 0.3 is 0 Å². The Morgan fingerprint density at radius 1 is 1.10 bits per heavy atom. The van der Waals surface area contributed by atoms with Crippen LogP contribution in [0.15, 0.2) is 30.3 Å². The Morgan fingerprint density at radius 2 is 1.75 bits per heavy atom. The number of rotatable bonds is 7. The summed E-state index contributed by atoms with van der Waals surface area (Å²) in [6.45, 7) is 8.38. The molecule has 0 N–H and O–H groups in total. The molecule has 2 heteroatoms. The number of epoxide rings is 1. The first kappa shape index (κ1) is 14.3. The number of benzene rings is 1. The molecule has 1 aliphatic heterocycles. The Balaban J connectivity index is 1.62. The van der Waals surface area contributed by atoms with Crippen LogP contribution in [0.25, 0.3) is 0 Å². The Labute approximate surface area is 124 Å². The van der Waals surface area contributed by atoms with Gasteiger partial charge < -0.3 is 4.74 Å². The highest BCUT2D eigenvalue weighted by molar-refractivity contribution is 6.89. The quantitative estimate of drug-likeness (QED) is 0.537. The lowest BCUT2D eigenvalue weighted by atomic mass is 9.93. The topological polar surface area (TPSA) is 12.5 Å². The van der Waals surface area contributed by atoms with E-state index in [1.165, 1.54) is 38.1 Å². The lowest BCUT2D eigenvalue weighted by molar-refractivity contribution is 0.260. The van der Waals surface area contributed by atoms with Crippen LogP contribution in [0.5, 0.6) is 0 Å². The largest absolute Gasteiger partial charge is 0.370 e. The van der Waals surface area contributed by atoms with Crippen molar-refractivity contribution < 1.29 is 4.74 Å². The minimum Gasteiger partial charge on any atom is -0.370 e. The first-order valence-electron chi connectivity index (χ1n) is 8.19. The van der Waals surface area contributed by atoms with E-state index in [0.29, 0.717) is 5.41 Å². The van der Waals surface area contributed by atoms with Crippen LogP contribution in [0.1, 0.15) is 39.0 Å². The van der Waals surface area contributed by atoms with Crippen molar-refractivity contribution in [3.8, 4) is 0 Å². The van der Waals surface area contributed by atoms with Gasteiger partial charge in [-0.25, -0.2) is 0 Å². The molecule has 1 aromatic rings. The van der Waals surface area contributed by atoms with Crippen molar-refractivity contribution in [1.29, 1.82) is 0 Å². The Hall–Kier alpha value is -0.603. The van der Waals surface area contributed by atoms with Crippen LogP contribution in [0.2, 0.25) is 19.1 Å². The fraction of sp³-hybridized carbons (Fsp3) is 0.667. The number of hydrogen-bond acceptors (Lipinski definition) is 1. The molecule has 1 saturated heterocycles. The van der Waals surface area contributed by atoms with E-state index in [2.05, 4.69) is 50.3 Å². The molecule has 0 amide bonds. The van der Waals surface area contributed by atoms with E-state index < -0.39 is 8.07 Å². The highest BCUT2D eigenvalue weighted by Crippen LogP contribution is 2.57. The van der Waals surface area contributed by atoms with Gasteiger partial charge in [0.25, 0.3) is 0 Å². The van der Waals surface area contributed by atoms with Gasteiger partial charge in [-0.05, 0) is 43.6 Å². The van der Waals surface area contributed by atoms with Crippen LogP contribution in [0.4, 0.5) is 0 Å². The Morgan fingerprint density at radius 3 is 2.25 bits per heavy atom. The second-order valence-electron chi connectivity index (χ2n) is 7.75. The minimum absolute atomic E-state index is 0.286. The smallest absolute Gasteiger partial charge is 0.0914 e. The van der Waals surface area contributed by atoms with Crippen LogP contribution in [0.3, 0.4) is 0 Å². The zero-order chi connectivity index (χ0) is 14.3. The summed E-state index contributed by atoms with van der Waals surface area (Å²) in [6, 6.07) is 12.7. The summed E-state index contributed by atoms with van der Waals surface area (Å²) >= 11 is 0. The van der Waals surface area contributed by atoms with Crippen molar-refractivity contribution in [2.24, 2.45) is 5.41 Å². The van der Waals surface area contributed by atoms with Crippen LogP contribution in [-0.4, -0.2) is 20.3 Å². The lowest BCUT2D eigenvalue weighted by Crippen LogP contribution is -2.43. The fourth-order valence-corrected chi connectivity index (χ4v) is 7.45. The van der Waals surface area contributed by atoms with E-state index in [4.69, 9.17) is 4.74 Å². The van der Waals surface area contributed by atoms with Gasteiger partial charge in [0, 0.05) is 0 Å². The van der Waals surface area contributed by atoms with E-state index in [1.54, 1.807) is 5.19 Å². The lowest BCUT2D eigenvalue weighted by Gasteiger charge is -2.29. The van der Waals surface area contributed by atoms with Crippen molar-refractivity contribution in [1.82, 2.24) is 0 Å². The normalized spacial score (nSPS) is 27.4. The third-order valence-corrected chi connectivity index (χ3v) is 9.17. The maximum absolute atomic E-state index is 5.69. The molecule has 1 aromatic carbocycles. The van der Waals surface area contributed by atoms with Gasteiger partial charge in [0.1, 0.15) is 0 Å². The first-order valence-corrected chi connectivity index (χ1v) is 11.4. The maximum atomic E-state index is 5.69. The van der Waals surface area contributed by atoms with Gasteiger partial charge in [-0.15, -0.1) is 0 Å². The van der Waals surface area contributed by atoms with Crippen molar-refractivity contribution in [2.45, 2.75) is 63.8 Å². The summed E-state index contributed by atoms with van der Waals surface area (Å²) in [5.41, 5.74) is 0.952. The number of hydrogen-bond donors (Lipinski definition) is 0. The standard InChI is InChI=1S/C18H28OSi/c1-4-18(14-19-18)13-12-17(10-11-17)15-20(2,3)16-8-6-5-7-9-16/h5-9H,4,10-15H2,1-3H3. The molecule has 2 fully saturated rings. The van der Waals surface area contributed by atoms with E-state index in [9.17, 15) is 0 Å². The van der Waals surface area contributed by atoms with Crippen LogP contribution in [-0.2, 0) is 4.74 Å². The molecule has 1 unspecified atom stereocenters. The Bertz CT molecular complexity index is 458. The van der Waals surface area contributed by atoms with Crippen molar-refractivity contribution in [3.63, 3.8) is 0 Å². The molecule has 3 rings (SSSR count). The number of ether oxygens (including phenoxy) is 1. The molecule has 1 nitrogen and oxygen atoms in total. The van der Waals surface area contributed by atoms with Crippen molar-refractivity contribution in [2.75, 3.05) is 6.61 Å². The average molecular weight is 289 g/mol. The minimum atomic E-state index is -1.28. The third-order valence-electron chi connectivity index (χ3n) is 5.64. The maximum Gasteiger partial charge on any atom is 0.0914 e. The molecule has 1 aliphatic carbocycles. The van der Waals surface area contributed by atoms with Gasteiger partial charge in [0.15, 0.2) is 0 Å². The van der Waals surface area contributed by atoms with E-state index in [1.807, 2.05) is 0 Å². The second kappa shape index (κ2) is 4.99. The third kappa shape index (κ3) is 3.01. The van der Waals surface area contributed by atoms with Gasteiger partial charge in [-0.2, -0.15) is 0 Å². The summed E-state index contributed by atoms with van der Waals surface area (Å²) in [5.74, 6) is 0. The summed E-state index contributed by atoms with van der Waals surface area (Å²) in [5, 5.41) is 1.62. The molecular formula is C18H28OSi. The van der Waals surface area contributed by atoms with E-state index in [-0.39, 0.29) is 5.60 Å². The predicted octanol–water partition coefficient (Wildman–Crippen LogP) is 4.34. The molecular weight excluding hydrogens is 260 g/mol. The summed E-state index contributed by atoms with van der Waals surface area (Å²) < 4.78 is 5.69. The molecule has 110 valence electrons. The molecule has 2 aliphatic rings. The average Bonchev–Trinajstić information content (AvgIpc) is 3.34. The van der Waals surface area contributed by atoms with Crippen LogP contribution >= 0.6 is 0 Å². The molecule has 1 heterocycles. The van der Waals surface area contributed by atoms with Crippen LogP contribution in [0, 0.1) is 5.41 Å². The zero-order valence-corrected chi connectivity index (χ0v) is 14.2. The monoisotopic (exact) mass is 288 g/mol. The molecule has 1 saturated carbocycles. The second-order valence-corrected chi connectivity index (χ2v) is 12.5. The summed E-state index contributed by atoms with van der Waals surface area (Å²) in [6.07, 6.45) is 6.79. The summed E-state index contributed by atoms with van der Waals surface area (Å²) in [4.78, 5) is 0. The fourth-order valence-electron chi connectivity index (χ4n) is 3.74. The predicted molar refractivity (Wildman–Crippen MR) is 88.2 cm³/mol. The van der Waals surface area contributed by atoms with Gasteiger partial charge in [-0.1, -0.05) is 55.5 Å². The molecule has 0 radical (unpaired) electrons. The molecule has 0 bridgehead atoms. The van der Waals surface area contributed by atoms with Crippen LogP contribution < -0.4 is 5.19 Å². The molecule has 1 atom stereocenters. The summed E-state index contributed by atoms with van der Waals surface area (Å²) in [7, 11) is -1.28. The molecule has 0 spiro atoms. The zero-order valence-electron chi connectivity index (χ0n) is 13.2. The molecule has 20 heavy (non-hydrogen) atoms. The van der Waals surface area contributed by atoms with Gasteiger partial charge in [0.2, 0.25) is 0 Å². The molecule has 0 aromatic heterocycles. The first-order chi connectivity index (χ1) is 9.49. The van der Waals surface area contributed by atoms with E-state index in [0.717, 1.165) is 6.61 Å². The van der Waals surface area contributed by atoms with Gasteiger partial charge in [-0.3, -0.25) is 0 Å². The van der Waals surface area contributed by atoms with Crippen molar-refractivity contribution in [3.05, 3.63) is 30.3 Å². The highest BCUT2D eigenvalue weighted by atomic mass is 28.3. The SMILES string of the molecule is CCC1(CCC2(C[Si](C)(C)c3ccccc3)CC2)CO1. The van der Waals surface area contributed by atoms with Crippen molar-refractivity contribution >= 4 is 13.3 Å². The Kier molecular flexibility index (Phi) is 3.58.